The molecule has 2 unspecified atom stereocenters. The maximum Gasteiger partial charge on any atom is 0.317 e. The second kappa shape index (κ2) is 8.55. The van der Waals surface area contributed by atoms with Gasteiger partial charge < -0.3 is 19.7 Å². The van der Waals surface area contributed by atoms with E-state index in [4.69, 9.17) is 4.42 Å². The van der Waals surface area contributed by atoms with Crippen LogP contribution in [0.3, 0.4) is 0 Å². The van der Waals surface area contributed by atoms with Gasteiger partial charge in [0, 0.05) is 25.1 Å². The zero-order valence-electron chi connectivity index (χ0n) is 14.5. The van der Waals surface area contributed by atoms with E-state index in [-0.39, 0.29) is 11.9 Å². The minimum Gasteiger partial charge on any atom is -0.469 e. The summed E-state index contributed by atoms with van der Waals surface area (Å²) in [6, 6.07) is 11.7. The maximum absolute atomic E-state index is 12.3. The number of aryl methyl sites for hydroxylation is 1. The van der Waals surface area contributed by atoms with Crippen LogP contribution in [0.2, 0.25) is 0 Å². The molecular weight excluding hydrogens is 304 g/mol. The number of aliphatic hydroxyl groups is 1. The molecule has 0 radical (unpaired) electrons. The molecule has 1 aromatic carbocycles. The van der Waals surface area contributed by atoms with Gasteiger partial charge in [0.2, 0.25) is 0 Å². The van der Waals surface area contributed by atoms with Gasteiger partial charge in [0.15, 0.2) is 0 Å². The summed E-state index contributed by atoms with van der Waals surface area (Å²) in [6.45, 7) is 4.64. The van der Waals surface area contributed by atoms with E-state index in [0.29, 0.717) is 19.5 Å². The largest absolute Gasteiger partial charge is 0.469 e. The van der Waals surface area contributed by atoms with E-state index >= 15 is 0 Å². The first kappa shape index (κ1) is 18.1. The van der Waals surface area contributed by atoms with Crippen LogP contribution in [0.25, 0.3) is 0 Å². The zero-order valence-corrected chi connectivity index (χ0v) is 14.5. The van der Waals surface area contributed by atoms with Gasteiger partial charge in [-0.1, -0.05) is 30.3 Å². The molecule has 1 aromatic heterocycles. The Kier molecular flexibility index (Phi) is 6.44. The Balaban J connectivity index is 1.93. The number of nitrogens with zero attached hydrogens (tertiary/aromatic N) is 1. The molecule has 0 aliphatic rings. The second-order valence-corrected chi connectivity index (χ2v) is 6.24. The van der Waals surface area contributed by atoms with Crippen LogP contribution in [0.4, 0.5) is 4.79 Å². The molecule has 0 aliphatic heterocycles. The van der Waals surface area contributed by atoms with Crippen molar-refractivity contribution < 1.29 is 14.3 Å². The minimum absolute atomic E-state index is 0.0826. The predicted octanol–water partition coefficient (Wildman–Crippen LogP) is 3.28. The third kappa shape index (κ3) is 5.13. The highest BCUT2D eigenvalue weighted by Gasteiger charge is 2.17. The average Bonchev–Trinajstić information content (AvgIpc) is 2.96. The van der Waals surface area contributed by atoms with Crippen LogP contribution in [-0.4, -0.2) is 35.7 Å². The first-order valence-electron chi connectivity index (χ1n) is 8.22. The predicted molar refractivity (Wildman–Crippen MR) is 93.8 cm³/mol. The highest BCUT2D eigenvalue weighted by molar-refractivity contribution is 5.73. The Bertz CT molecular complexity index is 637. The van der Waals surface area contributed by atoms with Gasteiger partial charge in [-0.25, -0.2) is 4.79 Å². The monoisotopic (exact) mass is 330 g/mol. The number of benzene rings is 1. The van der Waals surface area contributed by atoms with Crippen LogP contribution in [0.15, 0.2) is 47.1 Å². The van der Waals surface area contributed by atoms with Gasteiger partial charge in [0.05, 0.1) is 18.9 Å². The lowest BCUT2D eigenvalue weighted by molar-refractivity contribution is 0.171. The van der Waals surface area contributed by atoms with Crippen molar-refractivity contribution in [3.05, 3.63) is 59.5 Å². The summed E-state index contributed by atoms with van der Waals surface area (Å²) in [5.41, 5.74) is 2.11. The molecule has 0 bridgehead atoms. The van der Waals surface area contributed by atoms with Gasteiger partial charge in [-0.2, -0.15) is 0 Å². The molecule has 0 saturated heterocycles. The van der Waals surface area contributed by atoms with Crippen LogP contribution >= 0.6 is 0 Å². The molecule has 2 aromatic rings. The van der Waals surface area contributed by atoms with E-state index < -0.39 is 6.10 Å². The van der Waals surface area contributed by atoms with Crippen LogP contribution in [-0.2, 0) is 6.54 Å². The van der Waals surface area contributed by atoms with Gasteiger partial charge in [-0.15, -0.1) is 0 Å². The fourth-order valence-corrected chi connectivity index (χ4v) is 2.72. The van der Waals surface area contributed by atoms with Gasteiger partial charge in [-0.05, 0) is 31.9 Å². The molecule has 2 amide bonds. The minimum atomic E-state index is -0.418. The number of urea groups is 1. The average molecular weight is 330 g/mol. The summed E-state index contributed by atoms with van der Waals surface area (Å²) in [4.78, 5) is 14.0. The van der Waals surface area contributed by atoms with Crippen molar-refractivity contribution in [2.75, 3.05) is 13.6 Å². The van der Waals surface area contributed by atoms with Crippen molar-refractivity contribution in [1.29, 1.82) is 0 Å². The van der Waals surface area contributed by atoms with E-state index in [1.807, 2.05) is 43.3 Å². The van der Waals surface area contributed by atoms with Crippen molar-refractivity contribution in [2.45, 2.75) is 38.8 Å². The Hall–Kier alpha value is -2.27. The third-order valence-electron chi connectivity index (χ3n) is 4.12. The van der Waals surface area contributed by atoms with Crippen molar-refractivity contribution in [3.8, 4) is 0 Å². The summed E-state index contributed by atoms with van der Waals surface area (Å²) in [5.74, 6) is 0.908. The number of nitrogens with one attached hydrogen (secondary N) is 1. The highest BCUT2D eigenvalue weighted by Crippen LogP contribution is 2.20. The van der Waals surface area contributed by atoms with Crippen molar-refractivity contribution in [2.24, 2.45) is 0 Å². The zero-order chi connectivity index (χ0) is 17.5. The number of carbonyl (C=O) groups excluding carboxylic acids is 1. The third-order valence-corrected chi connectivity index (χ3v) is 4.12. The Morgan fingerprint density at radius 3 is 2.58 bits per heavy atom. The number of hydrogen-bond acceptors (Lipinski definition) is 3. The SMILES string of the molecule is Cc1occc1CN(C)C(=O)NCC(CC(C)O)c1ccccc1. The van der Waals surface area contributed by atoms with E-state index in [1.54, 1.807) is 25.1 Å². The summed E-state index contributed by atoms with van der Waals surface area (Å²) >= 11 is 0. The Morgan fingerprint density at radius 1 is 1.29 bits per heavy atom. The smallest absolute Gasteiger partial charge is 0.317 e. The molecule has 2 atom stereocenters. The molecule has 0 spiro atoms. The summed E-state index contributed by atoms with van der Waals surface area (Å²) < 4.78 is 5.26. The molecule has 5 heteroatoms. The molecule has 0 fully saturated rings. The molecule has 24 heavy (non-hydrogen) atoms. The normalized spacial score (nSPS) is 13.3. The Morgan fingerprint density at radius 2 is 2.00 bits per heavy atom. The number of carbonyl (C=O) groups is 1. The van der Waals surface area contributed by atoms with Gasteiger partial charge in [-0.3, -0.25) is 0 Å². The van der Waals surface area contributed by atoms with Gasteiger partial charge in [0.25, 0.3) is 0 Å². The molecule has 0 saturated carbocycles. The lowest BCUT2D eigenvalue weighted by Crippen LogP contribution is -2.39. The molecule has 130 valence electrons. The van der Waals surface area contributed by atoms with Crippen molar-refractivity contribution in [3.63, 3.8) is 0 Å². The standard InChI is InChI=1S/C19H26N2O3/c1-14(22)11-18(16-7-5-4-6-8-16)12-20-19(23)21(3)13-17-9-10-24-15(17)2/h4-10,14,18,22H,11-13H2,1-3H3,(H,20,23). The van der Waals surface area contributed by atoms with Gasteiger partial charge >= 0.3 is 6.03 Å². The summed E-state index contributed by atoms with van der Waals surface area (Å²) in [7, 11) is 1.76. The molecule has 0 aliphatic carbocycles. The number of aliphatic hydroxyl groups excluding tert-OH is 1. The van der Waals surface area contributed by atoms with E-state index in [9.17, 15) is 9.90 Å². The molecule has 1 heterocycles. The highest BCUT2D eigenvalue weighted by atomic mass is 16.3. The van der Waals surface area contributed by atoms with Crippen LogP contribution < -0.4 is 5.32 Å². The molecular formula is C19H26N2O3. The summed E-state index contributed by atoms with van der Waals surface area (Å²) in [5, 5.41) is 12.7. The van der Waals surface area contributed by atoms with Crippen LogP contribution in [0.5, 0.6) is 0 Å². The lowest BCUT2D eigenvalue weighted by atomic mass is 9.93. The Labute approximate surface area is 143 Å². The second-order valence-electron chi connectivity index (χ2n) is 6.24. The van der Waals surface area contributed by atoms with Gasteiger partial charge in [0.1, 0.15) is 5.76 Å². The fraction of sp³-hybridized carbons (Fsp3) is 0.421. The van der Waals surface area contributed by atoms with E-state index in [0.717, 1.165) is 16.9 Å². The maximum atomic E-state index is 12.3. The first-order valence-corrected chi connectivity index (χ1v) is 8.22. The molecule has 2 N–H and O–H groups in total. The number of furan rings is 1. The van der Waals surface area contributed by atoms with E-state index in [1.165, 1.54) is 0 Å². The van der Waals surface area contributed by atoms with E-state index in [2.05, 4.69) is 5.32 Å². The van der Waals surface area contributed by atoms with Crippen molar-refractivity contribution in [1.82, 2.24) is 10.2 Å². The quantitative estimate of drug-likeness (QED) is 0.819. The van der Waals surface area contributed by atoms with Crippen LogP contribution in [0, 0.1) is 6.92 Å². The number of rotatable bonds is 7. The van der Waals surface area contributed by atoms with Crippen LogP contribution in [0.1, 0.15) is 36.1 Å². The molecule has 5 nitrogen and oxygen atoms in total. The lowest BCUT2D eigenvalue weighted by Gasteiger charge is -2.22. The topological polar surface area (TPSA) is 65.7 Å². The fourth-order valence-electron chi connectivity index (χ4n) is 2.72. The first-order chi connectivity index (χ1) is 11.5. The van der Waals surface area contributed by atoms with Crippen molar-refractivity contribution >= 4 is 6.03 Å². The number of hydrogen-bond donors (Lipinski definition) is 2. The summed E-state index contributed by atoms with van der Waals surface area (Å²) in [6.07, 6.45) is 1.82. The number of amides is 2. The molecule has 2 rings (SSSR count).